The van der Waals surface area contributed by atoms with Crippen molar-refractivity contribution in [2.24, 2.45) is 23.7 Å². The fourth-order valence-electron chi connectivity index (χ4n) is 9.06. The van der Waals surface area contributed by atoms with E-state index in [1.807, 2.05) is 24.3 Å². The van der Waals surface area contributed by atoms with Gasteiger partial charge in [-0.1, -0.05) is 191 Å². The van der Waals surface area contributed by atoms with Crippen molar-refractivity contribution in [3.63, 3.8) is 0 Å². The summed E-state index contributed by atoms with van der Waals surface area (Å²) in [5, 5.41) is 19.8. The zero-order valence-electron chi connectivity index (χ0n) is 34.0. The minimum absolute atomic E-state index is 0.000511. The van der Waals surface area contributed by atoms with Crippen molar-refractivity contribution < 1.29 is 29.3 Å². The maximum atomic E-state index is 12.1. The lowest BCUT2D eigenvalue weighted by molar-refractivity contribution is -0.179. The third kappa shape index (κ3) is 16.6. The van der Waals surface area contributed by atoms with Crippen molar-refractivity contribution in [3.05, 3.63) is 70.8 Å². The van der Waals surface area contributed by atoms with Gasteiger partial charge in [0.2, 0.25) is 0 Å². The molecule has 2 aliphatic carbocycles. The molecule has 2 aromatic carbocycles. The molecule has 54 heavy (non-hydrogen) atoms. The molecule has 0 amide bonds. The van der Waals surface area contributed by atoms with Crippen LogP contribution in [0, 0.1) is 23.7 Å². The number of benzene rings is 2. The van der Waals surface area contributed by atoms with Crippen LogP contribution in [0.4, 0.5) is 0 Å². The van der Waals surface area contributed by atoms with Crippen molar-refractivity contribution in [3.8, 4) is 0 Å². The normalized spacial score (nSPS) is 21.4. The zero-order chi connectivity index (χ0) is 38.4. The number of carboxylic acid groups (broad SMARTS) is 2. The highest BCUT2D eigenvalue weighted by Gasteiger charge is 2.36. The molecular weight excluding hydrogens is 673 g/mol. The molecule has 0 unspecified atom stereocenters. The molecule has 6 nitrogen and oxygen atoms in total. The second-order valence-electron chi connectivity index (χ2n) is 17.0. The first-order valence-electron chi connectivity index (χ1n) is 22.2. The Morgan fingerprint density at radius 3 is 1.04 bits per heavy atom. The van der Waals surface area contributed by atoms with E-state index in [1.54, 1.807) is 0 Å². The summed E-state index contributed by atoms with van der Waals surface area (Å²) in [5.74, 6) is 1.04. The van der Waals surface area contributed by atoms with E-state index in [2.05, 4.69) is 38.1 Å². The van der Waals surface area contributed by atoms with Gasteiger partial charge >= 0.3 is 11.9 Å². The molecule has 2 aliphatic rings. The van der Waals surface area contributed by atoms with Crippen LogP contribution in [0.25, 0.3) is 0 Å². The average Bonchev–Trinajstić information content (AvgIpc) is 3.18. The SMILES string of the molecule is CCCCC[C@H]1CC[C@H](CCCCc2ccc(CO[C@@H](C(=O)O)[C@@H](OCc3ccc(CCCC[C@H]4CC[C@H](CCCCC)CC4)cc3)C(=O)O)cc2)CC1. The van der Waals surface area contributed by atoms with Crippen LogP contribution < -0.4 is 0 Å². The van der Waals surface area contributed by atoms with Crippen molar-refractivity contribution in [2.45, 2.75) is 193 Å². The Hall–Kier alpha value is -2.70. The number of rotatable bonds is 27. The molecule has 0 spiro atoms. The van der Waals surface area contributed by atoms with Crippen LogP contribution in [-0.2, 0) is 45.1 Å². The van der Waals surface area contributed by atoms with Crippen molar-refractivity contribution in [2.75, 3.05) is 0 Å². The number of ether oxygens (including phenoxy) is 2. The second-order valence-corrected chi connectivity index (χ2v) is 17.0. The lowest BCUT2D eigenvalue weighted by Crippen LogP contribution is -2.43. The first kappa shape index (κ1) is 44.0. The maximum Gasteiger partial charge on any atom is 0.336 e. The number of aliphatic carboxylic acids is 2. The smallest absolute Gasteiger partial charge is 0.336 e. The van der Waals surface area contributed by atoms with Crippen molar-refractivity contribution >= 4 is 11.9 Å². The summed E-state index contributed by atoms with van der Waals surface area (Å²) in [7, 11) is 0. The number of unbranched alkanes of at least 4 members (excludes halogenated alkanes) is 6. The fourth-order valence-corrected chi connectivity index (χ4v) is 9.06. The standard InChI is InChI=1S/C48H74O6/c1-3-5-7-13-37-19-23-39(24-20-37)15-9-11-17-41-27-31-43(32-28-41)35-53-45(47(49)50)46(48(51)52)54-36-44-33-29-42(30-34-44)18-12-10-16-40-25-21-38(22-26-40)14-8-6-4-2/h27-34,37-40,45-46H,3-26,35-36H2,1-2H3,(H,49,50)(H,51,52)/t37-,38-,39-,40-,45-,46-/m1/s1. The van der Waals surface area contributed by atoms with E-state index >= 15 is 0 Å². The molecule has 2 atom stereocenters. The van der Waals surface area contributed by atoms with E-state index in [-0.39, 0.29) is 13.2 Å². The van der Waals surface area contributed by atoms with E-state index in [4.69, 9.17) is 9.47 Å². The van der Waals surface area contributed by atoms with Gasteiger partial charge in [0.15, 0.2) is 12.2 Å². The summed E-state index contributed by atoms with van der Waals surface area (Å²) in [4.78, 5) is 24.3. The van der Waals surface area contributed by atoms with E-state index in [0.717, 1.165) is 47.6 Å². The molecule has 2 aromatic rings. The highest BCUT2D eigenvalue weighted by atomic mass is 16.6. The molecule has 2 saturated carbocycles. The maximum absolute atomic E-state index is 12.1. The molecule has 2 fully saturated rings. The van der Waals surface area contributed by atoms with Crippen LogP contribution in [0.2, 0.25) is 0 Å². The number of carboxylic acids is 2. The summed E-state index contributed by atoms with van der Waals surface area (Å²) >= 11 is 0. The van der Waals surface area contributed by atoms with Crippen LogP contribution in [0.15, 0.2) is 48.5 Å². The fraction of sp³-hybridized carbons (Fsp3) is 0.708. The molecule has 0 aliphatic heterocycles. The molecule has 0 aromatic heterocycles. The molecule has 0 radical (unpaired) electrons. The Morgan fingerprint density at radius 1 is 0.481 bits per heavy atom. The van der Waals surface area contributed by atoms with Gasteiger partial charge in [-0.2, -0.15) is 0 Å². The third-order valence-electron chi connectivity index (χ3n) is 12.7. The van der Waals surface area contributed by atoms with Crippen molar-refractivity contribution in [1.29, 1.82) is 0 Å². The minimum atomic E-state index is -1.62. The van der Waals surface area contributed by atoms with Crippen LogP contribution >= 0.6 is 0 Å². The predicted molar refractivity (Wildman–Crippen MR) is 220 cm³/mol. The van der Waals surface area contributed by atoms with Gasteiger partial charge in [-0.15, -0.1) is 0 Å². The topological polar surface area (TPSA) is 93.1 Å². The monoisotopic (exact) mass is 747 g/mol. The minimum Gasteiger partial charge on any atom is -0.479 e. The molecule has 0 heterocycles. The number of aryl methyl sites for hydroxylation is 2. The van der Waals surface area contributed by atoms with Crippen LogP contribution in [0.5, 0.6) is 0 Å². The largest absolute Gasteiger partial charge is 0.479 e. The van der Waals surface area contributed by atoms with E-state index in [9.17, 15) is 19.8 Å². The molecule has 0 bridgehead atoms. The molecule has 4 rings (SSSR count). The third-order valence-corrected chi connectivity index (χ3v) is 12.7. The zero-order valence-corrected chi connectivity index (χ0v) is 34.0. The molecule has 0 saturated heterocycles. The summed E-state index contributed by atoms with van der Waals surface area (Å²) in [6, 6.07) is 16.1. The molecule has 6 heteroatoms. The lowest BCUT2D eigenvalue weighted by Gasteiger charge is -2.28. The predicted octanol–water partition coefficient (Wildman–Crippen LogP) is 12.5. The summed E-state index contributed by atoms with van der Waals surface area (Å²) in [6.07, 6.45) is 28.8. The highest BCUT2D eigenvalue weighted by Crippen LogP contribution is 2.36. The number of hydrogen-bond donors (Lipinski definition) is 2. The molecular formula is C48H74O6. The van der Waals surface area contributed by atoms with E-state index < -0.39 is 24.1 Å². The van der Waals surface area contributed by atoms with E-state index in [1.165, 1.54) is 152 Å². The van der Waals surface area contributed by atoms with E-state index in [0.29, 0.717) is 0 Å². The van der Waals surface area contributed by atoms with Crippen LogP contribution in [0.3, 0.4) is 0 Å². The van der Waals surface area contributed by atoms with Crippen molar-refractivity contribution in [1.82, 2.24) is 0 Å². The van der Waals surface area contributed by atoms with Gasteiger partial charge in [0.25, 0.3) is 0 Å². The lowest BCUT2D eigenvalue weighted by atomic mass is 9.78. The second kappa shape index (κ2) is 25.5. The molecule has 302 valence electrons. The Balaban J connectivity index is 1.11. The molecule has 2 N–H and O–H groups in total. The van der Waals surface area contributed by atoms with Gasteiger partial charge < -0.3 is 19.7 Å². The number of carbonyl (C=O) groups is 2. The van der Waals surface area contributed by atoms with Crippen LogP contribution in [0.1, 0.15) is 177 Å². The first-order valence-corrected chi connectivity index (χ1v) is 22.2. The summed E-state index contributed by atoms with van der Waals surface area (Å²) < 4.78 is 11.4. The Kier molecular flexibility index (Phi) is 20.8. The van der Waals surface area contributed by atoms with Crippen LogP contribution in [-0.4, -0.2) is 34.4 Å². The highest BCUT2D eigenvalue weighted by molar-refractivity contribution is 5.83. The first-order chi connectivity index (χ1) is 26.3. The van der Waals surface area contributed by atoms with Gasteiger partial charge in [0.1, 0.15) is 0 Å². The quantitative estimate of drug-likeness (QED) is 0.0884. The summed E-state index contributed by atoms with van der Waals surface area (Å²) in [5.41, 5.74) is 4.14. The average molecular weight is 747 g/mol. The Bertz CT molecular complexity index is 1190. The van der Waals surface area contributed by atoms with Gasteiger partial charge in [0.05, 0.1) is 13.2 Å². The Morgan fingerprint density at radius 2 is 0.759 bits per heavy atom. The van der Waals surface area contributed by atoms with Gasteiger partial charge in [-0.3, -0.25) is 0 Å². The van der Waals surface area contributed by atoms with Gasteiger partial charge in [-0.05, 0) is 71.6 Å². The van der Waals surface area contributed by atoms with Gasteiger partial charge in [0, 0.05) is 0 Å². The summed E-state index contributed by atoms with van der Waals surface area (Å²) in [6.45, 7) is 4.57. The Labute approximate surface area is 328 Å². The van der Waals surface area contributed by atoms with Gasteiger partial charge in [-0.25, -0.2) is 9.59 Å². The number of hydrogen-bond acceptors (Lipinski definition) is 4.